The number of rotatable bonds is 15. The number of hydrogen-bond acceptors (Lipinski definition) is 3. The third-order valence-corrected chi connectivity index (χ3v) is 12.3. The Morgan fingerprint density at radius 3 is 1.65 bits per heavy atom. The molecule has 0 aliphatic heterocycles. The van der Waals surface area contributed by atoms with E-state index in [0.29, 0.717) is 0 Å². The fourth-order valence-electron chi connectivity index (χ4n) is 3.04. The van der Waals surface area contributed by atoms with Gasteiger partial charge < -0.3 is 13.0 Å². The monoisotopic (exact) mass is 378 g/mol. The van der Waals surface area contributed by atoms with Crippen molar-refractivity contribution >= 4 is 25.9 Å². The topological polar surface area (TPSA) is 27.7 Å². The highest BCUT2D eigenvalue weighted by atomic mass is 28.4. The first-order chi connectivity index (χ1) is 10.7. The van der Waals surface area contributed by atoms with Gasteiger partial charge in [0.1, 0.15) is 0 Å². The first-order valence-corrected chi connectivity index (χ1v) is 17.9. The van der Waals surface area contributed by atoms with Crippen molar-refractivity contribution in [3.8, 4) is 0 Å². The molecular formula is C17H42O3Si3. The highest BCUT2D eigenvalue weighted by molar-refractivity contribution is 6.84. The molecule has 0 aliphatic carbocycles. The number of hydrogen-bond donors (Lipinski definition) is 0. The molecule has 0 spiro atoms. The highest BCUT2D eigenvalue weighted by Crippen LogP contribution is 2.21. The lowest BCUT2D eigenvalue weighted by Gasteiger charge is -2.31. The molecule has 0 N–H and O–H groups in total. The molecule has 0 aromatic carbocycles. The van der Waals surface area contributed by atoms with Crippen LogP contribution in [0.1, 0.15) is 52.4 Å². The fourth-order valence-corrected chi connectivity index (χ4v) is 13.0. The van der Waals surface area contributed by atoms with E-state index in [4.69, 9.17) is 13.0 Å². The van der Waals surface area contributed by atoms with Crippen molar-refractivity contribution in [1.82, 2.24) is 0 Å². The molecule has 6 heteroatoms. The van der Waals surface area contributed by atoms with Crippen molar-refractivity contribution in [3.63, 3.8) is 0 Å². The summed E-state index contributed by atoms with van der Waals surface area (Å²) in [6, 6.07) is 2.49. The zero-order chi connectivity index (χ0) is 17.8. The maximum absolute atomic E-state index is 6.40. The molecule has 0 aromatic heterocycles. The van der Waals surface area contributed by atoms with E-state index in [1.165, 1.54) is 50.6 Å². The summed E-state index contributed by atoms with van der Waals surface area (Å²) in [7, 11) is -4.12. The van der Waals surface area contributed by atoms with Crippen LogP contribution < -0.4 is 0 Å². The van der Waals surface area contributed by atoms with Crippen LogP contribution in [0, 0.1) is 0 Å². The SMILES string of the molecule is CCO[SiH](CCCCCCCC[Si](C)(C)O[Si](C)(C)C)OCC. The van der Waals surface area contributed by atoms with Gasteiger partial charge in [0, 0.05) is 13.2 Å². The average Bonchev–Trinajstić information content (AvgIpc) is 2.39. The van der Waals surface area contributed by atoms with Crippen LogP contribution in [0.5, 0.6) is 0 Å². The van der Waals surface area contributed by atoms with E-state index in [1.54, 1.807) is 0 Å². The normalized spacial score (nSPS) is 13.0. The first kappa shape index (κ1) is 23.5. The van der Waals surface area contributed by atoms with E-state index < -0.39 is 25.9 Å². The van der Waals surface area contributed by atoms with Gasteiger partial charge in [-0.15, -0.1) is 0 Å². The van der Waals surface area contributed by atoms with E-state index >= 15 is 0 Å². The van der Waals surface area contributed by atoms with Crippen LogP contribution in [0.3, 0.4) is 0 Å². The Bertz CT molecular complexity index is 275. The fraction of sp³-hybridized carbons (Fsp3) is 1.00. The Morgan fingerprint density at radius 2 is 1.17 bits per heavy atom. The van der Waals surface area contributed by atoms with Crippen LogP contribution in [0.25, 0.3) is 0 Å². The summed E-state index contributed by atoms with van der Waals surface area (Å²) in [4.78, 5) is 0. The molecule has 0 aromatic rings. The lowest BCUT2D eigenvalue weighted by atomic mass is 10.1. The summed E-state index contributed by atoms with van der Waals surface area (Å²) in [6.45, 7) is 17.4. The van der Waals surface area contributed by atoms with Crippen molar-refractivity contribution < 1.29 is 13.0 Å². The molecule has 0 saturated heterocycles. The lowest BCUT2D eigenvalue weighted by Crippen LogP contribution is -2.42. The molecule has 0 heterocycles. The van der Waals surface area contributed by atoms with Crippen molar-refractivity contribution in [2.24, 2.45) is 0 Å². The largest absolute Gasteiger partial charge is 0.456 e. The molecule has 0 atom stereocenters. The van der Waals surface area contributed by atoms with Crippen LogP contribution in [0.2, 0.25) is 44.8 Å². The molecule has 0 bridgehead atoms. The molecule has 0 aliphatic rings. The molecule has 0 rings (SSSR count). The minimum Gasteiger partial charge on any atom is -0.456 e. The lowest BCUT2D eigenvalue weighted by molar-refractivity contribution is 0.212. The molecule has 0 saturated carbocycles. The minimum absolute atomic E-state index is 0.802. The van der Waals surface area contributed by atoms with Gasteiger partial charge in [-0.25, -0.2) is 0 Å². The molecule has 0 radical (unpaired) electrons. The van der Waals surface area contributed by atoms with Gasteiger partial charge in [-0.2, -0.15) is 0 Å². The Balaban J connectivity index is 3.59. The molecule has 0 fully saturated rings. The van der Waals surface area contributed by atoms with Crippen LogP contribution in [-0.4, -0.2) is 39.1 Å². The van der Waals surface area contributed by atoms with Crippen LogP contribution in [0.15, 0.2) is 0 Å². The maximum Gasteiger partial charge on any atom is 0.321 e. The molecule has 3 nitrogen and oxygen atoms in total. The summed E-state index contributed by atoms with van der Waals surface area (Å²) in [5, 5.41) is 0. The van der Waals surface area contributed by atoms with Gasteiger partial charge in [0.05, 0.1) is 0 Å². The van der Waals surface area contributed by atoms with Gasteiger partial charge in [-0.3, -0.25) is 0 Å². The van der Waals surface area contributed by atoms with Crippen LogP contribution in [-0.2, 0) is 13.0 Å². The van der Waals surface area contributed by atoms with Gasteiger partial charge in [0.15, 0.2) is 16.6 Å². The Kier molecular flexibility index (Phi) is 13.1. The maximum atomic E-state index is 6.40. The Labute approximate surface area is 149 Å². The summed E-state index contributed by atoms with van der Waals surface area (Å²) in [5.41, 5.74) is 0. The zero-order valence-corrected chi connectivity index (χ0v) is 20.0. The second kappa shape index (κ2) is 12.8. The quantitative estimate of drug-likeness (QED) is 0.271. The van der Waals surface area contributed by atoms with E-state index in [0.717, 1.165) is 13.2 Å². The smallest absolute Gasteiger partial charge is 0.321 e. The molecule has 140 valence electrons. The molecule has 0 amide bonds. The van der Waals surface area contributed by atoms with E-state index in [-0.39, 0.29) is 0 Å². The Hall–Kier alpha value is 0.531. The third kappa shape index (κ3) is 15.8. The van der Waals surface area contributed by atoms with Gasteiger partial charge in [0.2, 0.25) is 0 Å². The van der Waals surface area contributed by atoms with Gasteiger partial charge in [-0.05, 0) is 58.7 Å². The summed E-state index contributed by atoms with van der Waals surface area (Å²) < 4.78 is 17.8. The Morgan fingerprint density at radius 1 is 0.696 bits per heavy atom. The zero-order valence-electron chi connectivity index (χ0n) is 16.9. The highest BCUT2D eigenvalue weighted by Gasteiger charge is 2.28. The standard InChI is InChI=1S/C17H42O3Si3/c1-8-18-21(19-9-2)16-14-12-10-11-13-15-17-23(6,7)20-22(3,4)5/h21H,8-17H2,1-7H3. The summed E-state index contributed by atoms with van der Waals surface area (Å²) in [6.07, 6.45) is 8.04. The first-order valence-electron chi connectivity index (χ1n) is 9.63. The van der Waals surface area contributed by atoms with E-state index in [9.17, 15) is 0 Å². The summed E-state index contributed by atoms with van der Waals surface area (Å²) in [5.74, 6) is 0. The average molecular weight is 379 g/mol. The van der Waals surface area contributed by atoms with Gasteiger partial charge >= 0.3 is 9.28 Å². The van der Waals surface area contributed by atoms with Gasteiger partial charge in [-0.1, -0.05) is 38.5 Å². The predicted octanol–water partition coefficient (Wildman–Crippen LogP) is 5.68. The van der Waals surface area contributed by atoms with E-state index in [1.807, 2.05) is 0 Å². The minimum atomic E-state index is -1.41. The molecule has 23 heavy (non-hydrogen) atoms. The van der Waals surface area contributed by atoms with Crippen molar-refractivity contribution in [3.05, 3.63) is 0 Å². The second-order valence-electron chi connectivity index (χ2n) is 7.97. The predicted molar refractivity (Wildman–Crippen MR) is 110 cm³/mol. The van der Waals surface area contributed by atoms with Crippen LogP contribution >= 0.6 is 0 Å². The number of unbranched alkanes of at least 4 members (excludes halogenated alkanes) is 5. The van der Waals surface area contributed by atoms with Crippen molar-refractivity contribution in [1.29, 1.82) is 0 Å². The summed E-state index contributed by atoms with van der Waals surface area (Å²) >= 11 is 0. The molecule has 0 unspecified atom stereocenters. The third-order valence-electron chi connectivity index (χ3n) is 3.76. The molecular weight excluding hydrogens is 336 g/mol. The van der Waals surface area contributed by atoms with Gasteiger partial charge in [0.25, 0.3) is 0 Å². The van der Waals surface area contributed by atoms with Crippen LogP contribution in [0.4, 0.5) is 0 Å². The van der Waals surface area contributed by atoms with E-state index in [2.05, 4.69) is 46.6 Å². The second-order valence-corrected chi connectivity index (χ2v) is 19.1. The van der Waals surface area contributed by atoms with Crippen molar-refractivity contribution in [2.75, 3.05) is 13.2 Å². The van der Waals surface area contributed by atoms with Crippen molar-refractivity contribution in [2.45, 2.75) is 97.2 Å².